The van der Waals surface area contributed by atoms with Gasteiger partial charge >= 0.3 is 0 Å². The number of nitrogens with zero attached hydrogens (tertiary/aromatic N) is 3. The third-order valence-corrected chi connectivity index (χ3v) is 5.54. The zero-order valence-electron chi connectivity index (χ0n) is 13.3. The molecule has 2 aliphatic rings. The first-order valence-electron chi connectivity index (χ1n) is 8.17. The predicted molar refractivity (Wildman–Crippen MR) is 90.5 cm³/mol. The summed E-state index contributed by atoms with van der Waals surface area (Å²) in [6.07, 6.45) is 4.58. The summed E-state index contributed by atoms with van der Waals surface area (Å²) >= 11 is 2.01. The minimum atomic E-state index is -0.0955. The van der Waals surface area contributed by atoms with Crippen LogP contribution in [0.5, 0.6) is 0 Å². The number of hydrogen-bond donors (Lipinski definition) is 1. The largest absolute Gasteiger partial charge is 0.353 e. The van der Waals surface area contributed by atoms with Crippen molar-refractivity contribution in [2.45, 2.75) is 56.1 Å². The fourth-order valence-corrected chi connectivity index (χ4v) is 4.63. The van der Waals surface area contributed by atoms with E-state index in [1.54, 1.807) is 6.07 Å². The molecule has 3 rings (SSSR count). The highest BCUT2D eigenvalue weighted by Crippen LogP contribution is 2.27. The highest BCUT2D eigenvalue weighted by Gasteiger charge is 2.24. The molecule has 22 heavy (non-hydrogen) atoms. The second kappa shape index (κ2) is 6.86. The molecule has 1 saturated heterocycles. The summed E-state index contributed by atoms with van der Waals surface area (Å²) < 4.78 is 0. The summed E-state index contributed by atoms with van der Waals surface area (Å²) in [5.74, 6) is 0.776. The van der Waals surface area contributed by atoms with Crippen molar-refractivity contribution in [2.24, 2.45) is 0 Å². The first kappa shape index (κ1) is 15.6. The second-order valence-electron chi connectivity index (χ2n) is 6.39. The van der Waals surface area contributed by atoms with E-state index in [0.29, 0.717) is 22.2 Å². The van der Waals surface area contributed by atoms with Crippen LogP contribution in [0.1, 0.15) is 50.0 Å². The molecule has 6 heteroatoms. The van der Waals surface area contributed by atoms with E-state index < -0.39 is 0 Å². The summed E-state index contributed by atoms with van der Waals surface area (Å²) in [4.78, 5) is 14.4. The van der Waals surface area contributed by atoms with Gasteiger partial charge < -0.3 is 10.2 Å². The predicted octanol–water partition coefficient (Wildman–Crippen LogP) is 2.48. The lowest BCUT2D eigenvalue weighted by Gasteiger charge is -2.35. The molecule has 0 bridgehead atoms. The van der Waals surface area contributed by atoms with Crippen LogP contribution >= 0.6 is 11.8 Å². The van der Waals surface area contributed by atoms with Gasteiger partial charge in [-0.1, -0.05) is 26.7 Å². The van der Waals surface area contributed by atoms with Crippen molar-refractivity contribution in [3.63, 3.8) is 0 Å². The molecule has 0 aromatic carbocycles. The van der Waals surface area contributed by atoms with E-state index in [2.05, 4.69) is 34.3 Å². The summed E-state index contributed by atoms with van der Waals surface area (Å²) in [6, 6.07) is 4.03. The topological polar surface area (TPSA) is 58.1 Å². The van der Waals surface area contributed by atoms with Crippen molar-refractivity contribution in [1.29, 1.82) is 0 Å². The lowest BCUT2D eigenvalue weighted by molar-refractivity contribution is 0.0932. The van der Waals surface area contributed by atoms with Gasteiger partial charge in [0.25, 0.3) is 5.91 Å². The third-order valence-electron chi connectivity index (χ3n) is 4.32. The number of aromatic nitrogens is 2. The van der Waals surface area contributed by atoms with Crippen LogP contribution in [0.15, 0.2) is 12.1 Å². The maximum absolute atomic E-state index is 12.2. The molecular weight excluding hydrogens is 296 g/mol. The number of carbonyl (C=O) groups excluding carboxylic acids is 1. The Kier molecular flexibility index (Phi) is 4.86. The Balaban J connectivity index is 1.63. The number of carbonyl (C=O) groups is 1. The normalized spacial score (nSPS) is 26.2. The second-order valence-corrected chi connectivity index (χ2v) is 8.28. The number of hydrogen-bond acceptors (Lipinski definition) is 5. The van der Waals surface area contributed by atoms with Crippen LogP contribution in [-0.4, -0.2) is 45.7 Å². The fraction of sp³-hybridized carbons (Fsp3) is 0.688. The van der Waals surface area contributed by atoms with Crippen LogP contribution in [0.3, 0.4) is 0 Å². The Morgan fingerprint density at radius 3 is 2.45 bits per heavy atom. The fourth-order valence-electron chi connectivity index (χ4n) is 3.31. The molecule has 1 amide bonds. The van der Waals surface area contributed by atoms with E-state index in [-0.39, 0.29) is 5.91 Å². The zero-order chi connectivity index (χ0) is 15.5. The summed E-state index contributed by atoms with van der Waals surface area (Å²) in [7, 11) is 0. The molecule has 1 aromatic rings. The van der Waals surface area contributed by atoms with Crippen molar-refractivity contribution in [2.75, 3.05) is 18.0 Å². The average molecular weight is 320 g/mol. The Bertz CT molecular complexity index is 505. The molecule has 2 unspecified atom stereocenters. The highest BCUT2D eigenvalue weighted by atomic mass is 32.2. The zero-order valence-corrected chi connectivity index (χ0v) is 14.1. The van der Waals surface area contributed by atoms with Gasteiger partial charge in [0, 0.05) is 29.6 Å². The van der Waals surface area contributed by atoms with E-state index >= 15 is 0 Å². The van der Waals surface area contributed by atoms with Gasteiger partial charge in [0.05, 0.1) is 0 Å². The molecule has 1 N–H and O–H groups in total. The molecule has 2 heterocycles. The SMILES string of the molecule is CC1CN(c2ccc(C(=O)NC3CCCC3)nn2)CC(C)S1. The van der Waals surface area contributed by atoms with E-state index in [0.717, 1.165) is 31.7 Å². The average Bonchev–Trinajstić information content (AvgIpc) is 2.99. The standard InChI is InChI=1S/C16H24N4OS/c1-11-9-20(10-12(2)22-11)15-8-7-14(18-19-15)16(21)17-13-5-3-4-6-13/h7-8,11-13H,3-6,9-10H2,1-2H3,(H,17,21). The van der Waals surface area contributed by atoms with Crippen LogP contribution < -0.4 is 10.2 Å². The monoisotopic (exact) mass is 320 g/mol. The molecule has 5 nitrogen and oxygen atoms in total. The van der Waals surface area contributed by atoms with E-state index in [1.807, 2.05) is 17.8 Å². The number of rotatable bonds is 3. The van der Waals surface area contributed by atoms with Crippen molar-refractivity contribution in [1.82, 2.24) is 15.5 Å². The van der Waals surface area contributed by atoms with Gasteiger partial charge in [-0.25, -0.2) is 0 Å². The smallest absolute Gasteiger partial charge is 0.272 e. The maximum Gasteiger partial charge on any atom is 0.272 e. The van der Waals surface area contributed by atoms with Crippen molar-refractivity contribution < 1.29 is 4.79 Å². The van der Waals surface area contributed by atoms with Gasteiger partial charge in [-0.15, -0.1) is 10.2 Å². The summed E-state index contributed by atoms with van der Waals surface area (Å²) in [5.41, 5.74) is 0.420. The Morgan fingerprint density at radius 2 is 1.86 bits per heavy atom. The van der Waals surface area contributed by atoms with Gasteiger partial charge in [-0.3, -0.25) is 4.79 Å². The van der Waals surface area contributed by atoms with Crippen molar-refractivity contribution >= 4 is 23.5 Å². The van der Waals surface area contributed by atoms with E-state index in [4.69, 9.17) is 0 Å². The highest BCUT2D eigenvalue weighted by molar-refractivity contribution is 8.00. The van der Waals surface area contributed by atoms with Gasteiger partial charge in [-0.05, 0) is 25.0 Å². The van der Waals surface area contributed by atoms with Crippen LogP contribution in [0.25, 0.3) is 0 Å². The maximum atomic E-state index is 12.2. The summed E-state index contributed by atoms with van der Waals surface area (Å²) in [5, 5.41) is 12.6. The number of amides is 1. The first-order valence-corrected chi connectivity index (χ1v) is 9.11. The van der Waals surface area contributed by atoms with Crippen LogP contribution in [0.2, 0.25) is 0 Å². The molecule has 1 aromatic heterocycles. The lowest BCUT2D eigenvalue weighted by atomic mass is 10.2. The van der Waals surface area contributed by atoms with E-state index in [9.17, 15) is 4.79 Å². The number of anilines is 1. The quantitative estimate of drug-likeness (QED) is 0.927. The number of thioether (sulfide) groups is 1. The molecule has 1 aliphatic heterocycles. The van der Waals surface area contributed by atoms with Gasteiger partial charge in [-0.2, -0.15) is 11.8 Å². The van der Waals surface area contributed by atoms with Gasteiger partial charge in [0.1, 0.15) is 0 Å². The molecular formula is C16H24N4OS. The molecule has 120 valence electrons. The Morgan fingerprint density at radius 1 is 1.18 bits per heavy atom. The molecule has 1 aliphatic carbocycles. The lowest BCUT2D eigenvalue weighted by Crippen LogP contribution is -2.41. The number of nitrogens with one attached hydrogen (secondary N) is 1. The molecule has 2 atom stereocenters. The molecule has 0 radical (unpaired) electrons. The van der Waals surface area contributed by atoms with E-state index in [1.165, 1.54) is 12.8 Å². The molecule has 0 spiro atoms. The van der Waals surface area contributed by atoms with Gasteiger partial charge in [0.2, 0.25) is 0 Å². The van der Waals surface area contributed by atoms with Gasteiger partial charge in [0.15, 0.2) is 11.5 Å². The van der Waals surface area contributed by atoms with Crippen LogP contribution in [0, 0.1) is 0 Å². The Hall–Kier alpha value is -1.30. The van der Waals surface area contributed by atoms with Crippen molar-refractivity contribution in [3.05, 3.63) is 17.8 Å². The van der Waals surface area contributed by atoms with Crippen LogP contribution in [0.4, 0.5) is 5.82 Å². The van der Waals surface area contributed by atoms with Crippen LogP contribution in [-0.2, 0) is 0 Å². The Labute approximate surface area is 136 Å². The first-order chi connectivity index (χ1) is 10.6. The molecule has 1 saturated carbocycles. The summed E-state index contributed by atoms with van der Waals surface area (Å²) in [6.45, 7) is 6.45. The molecule has 2 fully saturated rings. The minimum Gasteiger partial charge on any atom is -0.353 e. The van der Waals surface area contributed by atoms with Crippen molar-refractivity contribution in [3.8, 4) is 0 Å². The third kappa shape index (κ3) is 3.72. The minimum absolute atomic E-state index is 0.0955.